The highest BCUT2D eigenvalue weighted by molar-refractivity contribution is 4.77. The van der Waals surface area contributed by atoms with Gasteiger partial charge in [-0.2, -0.15) is 0 Å². The first-order valence-electron chi connectivity index (χ1n) is 6.15. The van der Waals surface area contributed by atoms with Crippen LogP contribution in [0.4, 0.5) is 0 Å². The Hall–Kier alpha value is -0.0400. The van der Waals surface area contributed by atoms with Crippen LogP contribution in [0.5, 0.6) is 0 Å². The summed E-state index contributed by atoms with van der Waals surface area (Å²) < 4.78 is 0. The Bertz CT molecular complexity index is 140. The summed E-state index contributed by atoms with van der Waals surface area (Å²) >= 11 is 0. The first-order valence-corrected chi connectivity index (χ1v) is 6.15. The zero-order chi connectivity index (χ0) is 11.3. The smallest absolute Gasteiger partial charge is 0.00388 e. The summed E-state index contributed by atoms with van der Waals surface area (Å²) in [7, 11) is 0. The lowest BCUT2D eigenvalue weighted by molar-refractivity contribution is 0.198. The summed E-state index contributed by atoms with van der Waals surface area (Å²) in [6, 6.07) is 0.328. The van der Waals surface area contributed by atoms with E-state index in [0.717, 1.165) is 17.8 Å². The van der Waals surface area contributed by atoms with E-state index >= 15 is 0 Å². The molecule has 0 saturated heterocycles. The fraction of sp³-hybridized carbons (Fsp3) is 1.00. The van der Waals surface area contributed by atoms with Crippen LogP contribution in [0.25, 0.3) is 0 Å². The lowest BCUT2D eigenvalue weighted by Gasteiger charge is -2.32. The van der Waals surface area contributed by atoms with Crippen LogP contribution in [-0.4, -0.2) is 6.04 Å². The van der Waals surface area contributed by atoms with E-state index in [1.54, 1.807) is 0 Å². The Morgan fingerprint density at radius 3 is 1.79 bits per heavy atom. The first kappa shape index (κ1) is 14.0. The van der Waals surface area contributed by atoms with Crippen molar-refractivity contribution in [2.24, 2.45) is 29.4 Å². The highest BCUT2D eigenvalue weighted by Crippen LogP contribution is 2.30. The third-order valence-corrected chi connectivity index (χ3v) is 3.55. The summed E-state index contributed by atoms with van der Waals surface area (Å²) in [4.78, 5) is 0. The molecule has 0 aromatic carbocycles. The van der Waals surface area contributed by atoms with Crippen LogP contribution in [0.2, 0.25) is 0 Å². The van der Waals surface area contributed by atoms with Crippen molar-refractivity contribution in [2.75, 3.05) is 0 Å². The van der Waals surface area contributed by atoms with Crippen LogP contribution in [0.1, 0.15) is 54.4 Å². The average molecular weight is 199 g/mol. The Balaban J connectivity index is 4.24. The van der Waals surface area contributed by atoms with Gasteiger partial charge in [-0.15, -0.1) is 0 Å². The van der Waals surface area contributed by atoms with Gasteiger partial charge < -0.3 is 5.73 Å². The molecule has 0 amide bonds. The van der Waals surface area contributed by atoms with Crippen LogP contribution >= 0.6 is 0 Å². The molecule has 1 nitrogen and oxygen atoms in total. The van der Waals surface area contributed by atoms with Gasteiger partial charge in [0.25, 0.3) is 0 Å². The maximum atomic E-state index is 5.98. The van der Waals surface area contributed by atoms with Gasteiger partial charge in [0, 0.05) is 6.04 Å². The van der Waals surface area contributed by atoms with E-state index in [9.17, 15) is 0 Å². The number of hydrogen-bond acceptors (Lipinski definition) is 1. The summed E-state index contributed by atoms with van der Waals surface area (Å²) in [5.41, 5.74) is 5.98. The molecule has 4 unspecified atom stereocenters. The predicted octanol–water partition coefficient (Wildman–Crippen LogP) is 3.68. The van der Waals surface area contributed by atoms with Crippen molar-refractivity contribution in [3.8, 4) is 0 Å². The van der Waals surface area contributed by atoms with Crippen LogP contribution in [0.3, 0.4) is 0 Å². The molecule has 0 spiro atoms. The minimum Gasteiger partial charge on any atom is -0.328 e. The normalized spacial score (nSPS) is 20.6. The number of rotatable bonds is 6. The van der Waals surface area contributed by atoms with E-state index in [0.29, 0.717) is 12.0 Å². The van der Waals surface area contributed by atoms with Crippen molar-refractivity contribution in [2.45, 2.75) is 60.4 Å². The second kappa shape index (κ2) is 6.44. The minimum absolute atomic E-state index is 0.328. The van der Waals surface area contributed by atoms with Crippen LogP contribution in [0.15, 0.2) is 0 Å². The molecule has 0 aliphatic heterocycles. The van der Waals surface area contributed by atoms with Crippen LogP contribution < -0.4 is 5.73 Å². The van der Waals surface area contributed by atoms with Crippen molar-refractivity contribution >= 4 is 0 Å². The molecular formula is C13H29N. The third-order valence-electron chi connectivity index (χ3n) is 3.55. The van der Waals surface area contributed by atoms with Gasteiger partial charge in [-0.3, -0.25) is 0 Å². The zero-order valence-corrected chi connectivity index (χ0v) is 10.9. The molecule has 86 valence electrons. The van der Waals surface area contributed by atoms with Gasteiger partial charge >= 0.3 is 0 Å². The van der Waals surface area contributed by atoms with Crippen LogP contribution in [0, 0.1) is 23.7 Å². The second-order valence-electron chi connectivity index (χ2n) is 5.40. The Labute approximate surface area is 90.5 Å². The molecule has 0 fully saturated rings. The quantitative estimate of drug-likeness (QED) is 0.694. The van der Waals surface area contributed by atoms with Gasteiger partial charge in [-0.1, -0.05) is 41.0 Å². The molecule has 0 aliphatic carbocycles. The van der Waals surface area contributed by atoms with Gasteiger partial charge in [-0.05, 0) is 37.0 Å². The van der Waals surface area contributed by atoms with E-state index < -0.39 is 0 Å². The molecule has 0 rings (SSSR count). The maximum Gasteiger partial charge on any atom is 0.00388 e. The zero-order valence-electron chi connectivity index (χ0n) is 10.9. The predicted molar refractivity (Wildman–Crippen MR) is 65.2 cm³/mol. The fourth-order valence-corrected chi connectivity index (χ4v) is 2.60. The lowest BCUT2D eigenvalue weighted by Crippen LogP contribution is -2.33. The SMILES string of the molecule is CCC(C(C)CC(C)C)C(C)C(C)N. The van der Waals surface area contributed by atoms with Crippen molar-refractivity contribution in [1.29, 1.82) is 0 Å². The standard InChI is InChI=1S/C13H29N/c1-7-13(11(5)12(6)14)10(4)8-9(2)3/h9-13H,7-8,14H2,1-6H3. The van der Waals surface area contributed by atoms with Gasteiger partial charge in [0.05, 0.1) is 0 Å². The Morgan fingerprint density at radius 2 is 1.50 bits per heavy atom. The van der Waals surface area contributed by atoms with E-state index in [1.807, 2.05) is 0 Å². The largest absolute Gasteiger partial charge is 0.328 e. The Kier molecular flexibility index (Phi) is 6.43. The van der Waals surface area contributed by atoms with E-state index in [-0.39, 0.29) is 0 Å². The molecule has 0 heterocycles. The van der Waals surface area contributed by atoms with Gasteiger partial charge in [0.1, 0.15) is 0 Å². The molecule has 0 radical (unpaired) electrons. The van der Waals surface area contributed by atoms with Crippen molar-refractivity contribution in [3.05, 3.63) is 0 Å². The average Bonchev–Trinajstić information content (AvgIpc) is 2.03. The van der Waals surface area contributed by atoms with Gasteiger partial charge in [-0.25, -0.2) is 0 Å². The minimum atomic E-state index is 0.328. The van der Waals surface area contributed by atoms with Crippen molar-refractivity contribution in [1.82, 2.24) is 0 Å². The summed E-state index contributed by atoms with van der Waals surface area (Å²) in [5, 5.41) is 0. The molecule has 0 aliphatic rings. The highest BCUT2D eigenvalue weighted by Gasteiger charge is 2.24. The monoisotopic (exact) mass is 199 g/mol. The summed E-state index contributed by atoms with van der Waals surface area (Å²) in [6.07, 6.45) is 2.59. The van der Waals surface area contributed by atoms with Gasteiger partial charge in [0.2, 0.25) is 0 Å². The molecule has 1 heteroatoms. The highest BCUT2D eigenvalue weighted by atomic mass is 14.6. The number of nitrogens with two attached hydrogens (primary N) is 1. The summed E-state index contributed by atoms with van der Waals surface area (Å²) in [5.74, 6) is 3.05. The molecule has 0 aromatic rings. The third kappa shape index (κ3) is 4.45. The molecular weight excluding hydrogens is 170 g/mol. The van der Waals surface area contributed by atoms with E-state index in [1.165, 1.54) is 12.8 Å². The number of hydrogen-bond donors (Lipinski definition) is 1. The second-order valence-corrected chi connectivity index (χ2v) is 5.40. The summed E-state index contributed by atoms with van der Waals surface area (Å²) in [6.45, 7) is 13.7. The molecule has 2 N–H and O–H groups in total. The maximum absolute atomic E-state index is 5.98. The first-order chi connectivity index (χ1) is 6.40. The van der Waals surface area contributed by atoms with Gasteiger partial charge in [0.15, 0.2) is 0 Å². The Morgan fingerprint density at radius 1 is 1.00 bits per heavy atom. The molecule has 14 heavy (non-hydrogen) atoms. The van der Waals surface area contributed by atoms with Crippen LogP contribution in [-0.2, 0) is 0 Å². The van der Waals surface area contributed by atoms with Crippen molar-refractivity contribution in [3.63, 3.8) is 0 Å². The molecule has 0 bridgehead atoms. The molecule has 0 saturated carbocycles. The molecule has 4 atom stereocenters. The van der Waals surface area contributed by atoms with E-state index in [4.69, 9.17) is 5.73 Å². The van der Waals surface area contributed by atoms with Crippen molar-refractivity contribution < 1.29 is 0 Å². The molecule has 0 aromatic heterocycles. The topological polar surface area (TPSA) is 26.0 Å². The lowest BCUT2D eigenvalue weighted by atomic mass is 9.75. The fourth-order valence-electron chi connectivity index (χ4n) is 2.60. The van der Waals surface area contributed by atoms with E-state index in [2.05, 4.69) is 41.5 Å².